The number of rotatable bonds is 4. The average molecular weight is 300 g/mol. The summed E-state index contributed by atoms with van der Waals surface area (Å²) in [6.07, 6.45) is 6.35. The normalized spacial score (nSPS) is 17.6. The lowest BCUT2D eigenvalue weighted by Crippen LogP contribution is -2.30. The maximum Gasteiger partial charge on any atom is 0.255 e. The van der Waals surface area contributed by atoms with E-state index in [4.69, 9.17) is 5.73 Å². The number of nitrogens with one attached hydrogen (secondary N) is 2. The number of nitrogens with two attached hydrogens (primary N) is 1. The van der Waals surface area contributed by atoms with Gasteiger partial charge in [0.1, 0.15) is 5.82 Å². The van der Waals surface area contributed by atoms with Crippen molar-refractivity contribution >= 4 is 11.7 Å². The van der Waals surface area contributed by atoms with Crippen LogP contribution in [0.3, 0.4) is 0 Å². The molecule has 0 saturated carbocycles. The van der Waals surface area contributed by atoms with Crippen molar-refractivity contribution in [2.24, 2.45) is 13.0 Å². The van der Waals surface area contributed by atoms with Crippen LogP contribution < -0.4 is 16.4 Å². The summed E-state index contributed by atoms with van der Waals surface area (Å²) >= 11 is 0. The minimum Gasteiger partial charge on any atom is -0.383 e. The van der Waals surface area contributed by atoms with Gasteiger partial charge in [-0.2, -0.15) is 5.10 Å². The zero-order chi connectivity index (χ0) is 15.5. The molecule has 0 aromatic carbocycles. The van der Waals surface area contributed by atoms with Crippen molar-refractivity contribution < 1.29 is 4.79 Å². The number of aromatic nitrogens is 3. The molecule has 1 fully saturated rings. The number of carbonyl (C=O) groups excluding carboxylic acids is 1. The Bertz CT molecular complexity index is 674. The number of aryl methyl sites for hydroxylation is 1. The molecular formula is C15H20N6O. The standard InChI is InChI=1S/C15H20N6O/c1-21-9-12(8-20-21)11-4-13(14(16)18-7-11)15(22)19-6-10-2-3-17-5-10/h4,7-10,17H,2-3,5-6H2,1H3,(H2,16,18)(H,19,22)/t10-/m0/s1. The molecule has 7 nitrogen and oxygen atoms in total. The summed E-state index contributed by atoms with van der Waals surface area (Å²) in [7, 11) is 1.84. The Balaban J connectivity index is 1.75. The van der Waals surface area contributed by atoms with Crippen LogP contribution in [0.15, 0.2) is 24.7 Å². The summed E-state index contributed by atoms with van der Waals surface area (Å²) in [5.74, 6) is 0.553. The summed E-state index contributed by atoms with van der Waals surface area (Å²) in [5.41, 5.74) is 8.00. The minimum atomic E-state index is -0.178. The van der Waals surface area contributed by atoms with Crippen molar-refractivity contribution in [1.82, 2.24) is 25.4 Å². The SMILES string of the molecule is Cn1cc(-c2cnc(N)c(C(=O)NC[C@H]3CCNC3)c2)cn1. The first-order valence-corrected chi connectivity index (χ1v) is 7.37. The number of pyridine rings is 1. The second kappa shape index (κ2) is 6.15. The van der Waals surface area contributed by atoms with E-state index in [1.807, 2.05) is 13.2 Å². The van der Waals surface area contributed by atoms with Crippen LogP contribution in [-0.2, 0) is 7.05 Å². The third kappa shape index (κ3) is 3.09. The van der Waals surface area contributed by atoms with E-state index in [-0.39, 0.29) is 11.7 Å². The zero-order valence-corrected chi connectivity index (χ0v) is 12.5. The molecule has 0 bridgehead atoms. The largest absolute Gasteiger partial charge is 0.383 e. The van der Waals surface area contributed by atoms with Crippen LogP contribution in [0.5, 0.6) is 0 Å². The van der Waals surface area contributed by atoms with Crippen LogP contribution >= 0.6 is 0 Å². The lowest BCUT2D eigenvalue weighted by atomic mass is 10.1. The van der Waals surface area contributed by atoms with Crippen LogP contribution in [-0.4, -0.2) is 40.3 Å². The molecule has 0 spiro atoms. The lowest BCUT2D eigenvalue weighted by molar-refractivity contribution is 0.0949. The van der Waals surface area contributed by atoms with Gasteiger partial charge < -0.3 is 16.4 Å². The van der Waals surface area contributed by atoms with Gasteiger partial charge in [0.15, 0.2) is 0 Å². The van der Waals surface area contributed by atoms with Gasteiger partial charge in [-0.1, -0.05) is 0 Å². The van der Waals surface area contributed by atoms with Gasteiger partial charge >= 0.3 is 0 Å². The maximum absolute atomic E-state index is 12.3. The van der Waals surface area contributed by atoms with Gasteiger partial charge in [0, 0.05) is 37.1 Å². The molecule has 1 amide bonds. The topological polar surface area (TPSA) is 97.9 Å². The fourth-order valence-corrected chi connectivity index (χ4v) is 2.61. The van der Waals surface area contributed by atoms with Crippen LogP contribution in [0, 0.1) is 5.92 Å². The quantitative estimate of drug-likeness (QED) is 0.759. The van der Waals surface area contributed by atoms with Crippen molar-refractivity contribution in [3.05, 3.63) is 30.2 Å². The fraction of sp³-hybridized carbons (Fsp3) is 0.400. The predicted molar refractivity (Wildman–Crippen MR) is 84.2 cm³/mol. The van der Waals surface area contributed by atoms with Crippen LogP contribution in [0.2, 0.25) is 0 Å². The number of carbonyl (C=O) groups is 1. The maximum atomic E-state index is 12.3. The highest BCUT2D eigenvalue weighted by molar-refractivity contribution is 5.99. The molecule has 3 heterocycles. The number of nitrogen functional groups attached to an aromatic ring is 1. The molecule has 1 aliphatic rings. The van der Waals surface area contributed by atoms with Gasteiger partial charge in [-0.25, -0.2) is 4.98 Å². The molecule has 1 atom stereocenters. The zero-order valence-electron chi connectivity index (χ0n) is 12.5. The predicted octanol–water partition coefficient (Wildman–Crippen LogP) is 0.404. The van der Waals surface area contributed by atoms with Gasteiger partial charge in [0.05, 0.1) is 11.8 Å². The van der Waals surface area contributed by atoms with E-state index in [1.54, 1.807) is 23.1 Å². The second-order valence-electron chi connectivity index (χ2n) is 5.63. The molecule has 1 aliphatic heterocycles. The molecule has 1 saturated heterocycles. The van der Waals surface area contributed by atoms with Gasteiger partial charge in [-0.3, -0.25) is 9.48 Å². The highest BCUT2D eigenvalue weighted by Crippen LogP contribution is 2.21. The first kappa shape index (κ1) is 14.5. The molecular weight excluding hydrogens is 280 g/mol. The van der Waals surface area contributed by atoms with Crippen molar-refractivity contribution in [2.45, 2.75) is 6.42 Å². The molecule has 116 valence electrons. The average Bonchev–Trinajstić information content (AvgIpc) is 3.17. The Kier molecular flexibility index (Phi) is 4.06. The van der Waals surface area contributed by atoms with E-state index in [9.17, 15) is 4.79 Å². The summed E-state index contributed by atoms with van der Waals surface area (Å²) in [6, 6.07) is 1.77. The highest BCUT2D eigenvalue weighted by atomic mass is 16.1. The molecule has 2 aromatic rings. The molecule has 0 aliphatic carbocycles. The van der Waals surface area contributed by atoms with E-state index in [1.165, 1.54) is 0 Å². The third-order valence-corrected chi connectivity index (χ3v) is 3.92. The van der Waals surface area contributed by atoms with Gasteiger partial charge in [0.25, 0.3) is 5.91 Å². The minimum absolute atomic E-state index is 0.178. The second-order valence-corrected chi connectivity index (χ2v) is 5.63. The molecule has 0 unspecified atom stereocenters. The number of amides is 1. The fourth-order valence-electron chi connectivity index (χ4n) is 2.61. The number of nitrogens with zero attached hydrogens (tertiary/aromatic N) is 3. The van der Waals surface area contributed by atoms with E-state index < -0.39 is 0 Å². The van der Waals surface area contributed by atoms with Crippen molar-refractivity contribution in [3.63, 3.8) is 0 Å². The first-order chi connectivity index (χ1) is 10.6. The van der Waals surface area contributed by atoms with Crippen LogP contribution in [0.1, 0.15) is 16.8 Å². The Morgan fingerprint density at radius 2 is 2.36 bits per heavy atom. The summed E-state index contributed by atoms with van der Waals surface area (Å²) in [6.45, 7) is 2.62. The molecule has 3 rings (SSSR count). The van der Waals surface area contributed by atoms with Crippen LogP contribution in [0.25, 0.3) is 11.1 Å². The molecule has 4 N–H and O–H groups in total. The van der Waals surface area contributed by atoms with Gasteiger partial charge in [-0.05, 0) is 31.5 Å². The van der Waals surface area contributed by atoms with Crippen LogP contribution in [0.4, 0.5) is 5.82 Å². The van der Waals surface area contributed by atoms with Gasteiger partial charge in [0.2, 0.25) is 0 Å². The van der Waals surface area contributed by atoms with E-state index >= 15 is 0 Å². The van der Waals surface area contributed by atoms with E-state index in [0.29, 0.717) is 18.0 Å². The molecule has 22 heavy (non-hydrogen) atoms. The number of hydrogen-bond donors (Lipinski definition) is 3. The molecule has 2 aromatic heterocycles. The highest BCUT2D eigenvalue weighted by Gasteiger charge is 2.17. The Labute approximate surface area is 128 Å². The Morgan fingerprint density at radius 1 is 1.50 bits per heavy atom. The van der Waals surface area contributed by atoms with Crippen molar-refractivity contribution in [1.29, 1.82) is 0 Å². The number of hydrogen-bond acceptors (Lipinski definition) is 5. The summed E-state index contributed by atoms with van der Waals surface area (Å²) in [5, 5.41) is 10.4. The van der Waals surface area contributed by atoms with E-state index in [0.717, 1.165) is 30.6 Å². The summed E-state index contributed by atoms with van der Waals surface area (Å²) in [4.78, 5) is 16.5. The third-order valence-electron chi connectivity index (χ3n) is 3.92. The lowest BCUT2D eigenvalue weighted by Gasteiger charge is -2.11. The van der Waals surface area contributed by atoms with Gasteiger partial charge in [-0.15, -0.1) is 0 Å². The first-order valence-electron chi connectivity index (χ1n) is 7.37. The smallest absolute Gasteiger partial charge is 0.255 e. The number of anilines is 1. The van der Waals surface area contributed by atoms with Crippen molar-refractivity contribution in [3.8, 4) is 11.1 Å². The van der Waals surface area contributed by atoms with Crippen molar-refractivity contribution in [2.75, 3.05) is 25.4 Å². The molecule has 7 heteroatoms. The Hall–Kier alpha value is -2.41. The summed E-state index contributed by atoms with van der Waals surface area (Å²) < 4.78 is 1.71. The monoisotopic (exact) mass is 300 g/mol. The Morgan fingerprint density at radius 3 is 3.05 bits per heavy atom. The van der Waals surface area contributed by atoms with E-state index in [2.05, 4.69) is 20.7 Å². The molecule has 0 radical (unpaired) electrons.